The zero-order valence-electron chi connectivity index (χ0n) is 10.5. The van der Waals surface area contributed by atoms with Crippen molar-refractivity contribution >= 4 is 0 Å². The average Bonchev–Trinajstić information content (AvgIpc) is 2.34. The van der Waals surface area contributed by atoms with E-state index in [0.29, 0.717) is 30.3 Å². The van der Waals surface area contributed by atoms with Crippen LogP contribution in [0.4, 0.5) is 4.39 Å². The van der Waals surface area contributed by atoms with Crippen LogP contribution in [-0.2, 0) is 6.54 Å². The molecule has 0 saturated heterocycles. The van der Waals surface area contributed by atoms with Gasteiger partial charge < -0.3 is 15.2 Å². The summed E-state index contributed by atoms with van der Waals surface area (Å²) >= 11 is 0. The number of rotatable bonds is 7. The van der Waals surface area contributed by atoms with Gasteiger partial charge in [0.2, 0.25) is 0 Å². The van der Waals surface area contributed by atoms with E-state index in [1.807, 2.05) is 13.8 Å². The van der Waals surface area contributed by atoms with Gasteiger partial charge in [0.25, 0.3) is 0 Å². The lowest BCUT2D eigenvalue weighted by Gasteiger charge is -2.13. The van der Waals surface area contributed by atoms with E-state index in [4.69, 9.17) is 15.2 Å². The Hall–Kier alpha value is -1.29. The Balaban J connectivity index is 2.93. The fourth-order valence-corrected chi connectivity index (χ4v) is 1.38. The van der Waals surface area contributed by atoms with Crippen molar-refractivity contribution in [2.75, 3.05) is 13.2 Å². The summed E-state index contributed by atoms with van der Waals surface area (Å²) in [4.78, 5) is 0. The van der Waals surface area contributed by atoms with E-state index in [1.54, 1.807) is 6.07 Å². The fourth-order valence-electron chi connectivity index (χ4n) is 1.38. The van der Waals surface area contributed by atoms with Crippen LogP contribution in [0.2, 0.25) is 0 Å². The van der Waals surface area contributed by atoms with Gasteiger partial charge >= 0.3 is 0 Å². The highest BCUT2D eigenvalue weighted by Gasteiger charge is 2.11. The Kier molecular flexibility index (Phi) is 5.77. The van der Waals surface area contributed by atoms with Gasteiger partial charge in [0.1, 0.15) is 5.82 Å². The lowest BCUT2D eigenvalue weighted by atomic mass is 10.2. The van der Waals surface area contributed by atoms with Crippen LogP contribution in [0, 0.1) is 5.82 Å². The maximum atomic E-state index is 13.6. The first kappa shape index (κ1) is 13.8. The first-order valence-corrected chi connectivity index (χ1v) is 6.01. The first-order valence-electron chi connectivity index (χ1n) is 6.01. The van der Waals surface area contributed by atoms with Gasteiger partial charge in [0.05, 0.1) is 13.2 Å². The van der Waals surface area contributed by atoms with E-state index in [2.05, 4.69) is 0 Å². The summed E-state index contributed by atoms with van der Waals surface area (Å²) in [5, 5.41) is 0. The summed E-state index contributed by atoms with van der Waals surface area (Å²) in [5.74, 6) is 0.680. The van der Waals surface area contributed by atoms with Crippen molar-refractivity contribution in [1.29, 1.82) is 0 Å². The van der Waals surface area contributed by atoms with Crippen LogP contribution < -0.4 is 15.2 Å². The lowest BCUT2D eigenvalue weighted by Crippen LogP contribution is -2.05. The predicted molar refractivity (Wildman–Crippen MR) is 65.9 cm³/mol. The molecule has 0 aromatic heterocycles. The SMILES string of the molecule is CCCOc1cc(F)c(CN)cc1OCCC. The Morgan fingerprint density at radius 1 is 1.06 bits per heavy atom. The number of hydrogen-bond donors (Lipinski definition) is 1. The molecule has 0 aliphatic heterocycles. The van der Waals surface area contributed by atoms with Crippen LogP contribution in [0.15, 0.2) is 12.1 Å². The van der Waals surface area contributed by atoms with Gasteiger partial charge in [-0.05, 0) is 18.9 Å². The minimum absolute atomic E-state index is 0.155. The molecule has 0 radical (unpaired) electrons. The number of halogens is 1. The van der Waals surface area contributed by atoms with E-state index in [1.165, 1.54) is 6.07 Å². The highest BCUT2D eigenvalue weighted by molar-refractivity contribution is 5.43. The summed E-state index contributed by atoms with van der Waals surface area (Å²) in [6, 6.07) is 2.97. The standard InChI is InChI=1S/C13H20FNO2/c1-3-5-16-12-7-10(9-15)11(14)8-13(12)17-6-4-2/h7-8H,3-6,9,15H2,1-2H3. The van der Waals surface area contributed by atoms with Crippen LogP contribution in [0.1, 0.15) is 32.3 Å². The van der Waals surface area contributed by atoms with Crippen LogP contribution in [0.3, 0.4) is 0 Å². The first-order chi connectivity index (χ1) is 8.22. The smallest absolute Gasteiger partial charge is 0.164 e. The second-order valence-electron chi connectivity index (χ2n) is 3.79. The zero-order valence-corrected chi connectivity index (χ0v) is 10.5. The van der Waals surface area contributed by atoms with Gasteiger partial charge in [-0.1, -0.05) is 13.8 Å². The molecule has 0 aliphatic carbocycles. The van der Waals surface area contributed by atoms with Gasteiger partial charge in [0, 0.05) is 18.2 Å². The minimum Gasteiger partial charge on any atom is -0.490 e. The van der Waals surface area contributed by atoms with Crippen molar-refractivity contribution in [3.63, 3.8) is 0 Å². The molecule has 3 nitrogen and oxygen atoms in total. The number of ether oxygens (including phenoxy) is 2. The molecule has 0 amide bonds. The highest BCUT2D eigenvalue weighted by atomic mass is 19.1. The van der Waals surface area contributed by atoms with Crippen molar-refractivity contribution in [1.82, 2.24) is 0 Å². The average molecular weight is 241 g/mol. The number of nitrogens with two attached hydrogens (primary N) is 1. The van der Waals surface area contributed by atoms with Crippen LogP contribution in [0.5, 0.6) is 11.5 Å². The van der Waals surface area contributed by atoms with Gasteiger partial charge in [0.15, 0.2) is 11.5 Å². The summed E-state index contributed by atoms with van der Waals surface area (Å²) in [5.41, 5.74) is 5.91. The molecule has 0 bridgehead atoms. The third-order valence-electron chi connectivity index (χ3n) is 2.26. The van der Waals surface area contributed by atoms with Crippen LogP contribution in [-0.4, -0.2) is 13.2 Å². The van der Waals surface area contributed by atoms with Gasteiger partial charge in [-0.3, -0.25) is 0 Å². The molecule has 0 atom stereocenters. The quantitative estimate of drug-likeness (QED) is 0.798. The molecule has 17 heavy (non-hydrogen) atoms. The molecule has 0 unspecified atom stereocenters. The molecule has 4 heteroatoms. The molecular weight excluding hydrogens is 221 g/mol. The number of benzene rings is 1. The van der Waals surface area contributed by atoms with Gasteiger partial charge in [-0.2, -0.15) is 0 Å². The second-order valence-corrected chi connectivity index (χ2v) is 3.79. The van der Waals surface area contributed by atoms with Crippen molar-refractivity contribution in [2.45, 2.75) is 33.2 Å². The third-order valence-corrected chi connectivity index (χ3v) is 2.26. The Bertz CT molecular complexity index is 356. The van der Waals surface area contributed by atoms with Crippen molar-refractivity contribution in [3.8, 4) is 11.5 Å². The fraction of sp³-hybridized carbons (Fsp3) is 0.538. The molecule has 2 N–H and O–H groups in total. The van der Waals surface area contributed by atoms with E-state index >= 15 is 0 Å². The topological polar surface area (TPSA) is 44.5 Å². The second kappa shape index (κ2) is 7.12. The van der Waals surface area contributed by atoms with E-state index in [9.17, 15) is 4.39 Å². The van der Waals surface area contributed by atoms with Crippen molar-refractivity contribution < 1.29 is 13.9 Å². The van der Waals surface area contributed by atoms with Crippen molar-refractivity contribution in [2.24, 2.45) is 5.73 Å². The third kappa shape index (κ3) is 3.89. The summed E-state index contributed by atoms with van der Waals surface area (Å²) in [7, 11) is 0. The van der Waals surface area contributed by atoms with E-state index in [0.717, 1.165) is 12.8 Å². The normalized spacial score (nSPS) is 10.4. The van der Waals surface area contributed by atoms with Crippen LogP contribution in [0.25, 0.3) is 0 Å². The van der Waals surface area contributed by atoms with Gasteiger partial charge in [-0.15, -0.1) is 0 Å². The summed E-state index contributed by atoms with van der Waals surface area (Å²) in [6.45, 7) is 5.29. The largest absolute Gasteiger partial charge is 0.490 e. The van der Waals surface area contributed by atoms with E-state index in [-0.39, 0.29) is 12.4 Å². The minimum atomic E-state index is -0.345. The molecule has 0 saturated carbocycles. The Morgan fingerprint density at radius 3 is 2.06 bits per heavy atom. The molecule has 1 aromatic rings. The van der Waals surface area contributed by atoms with Gasteiger partial charge in [-0.25, -0.2) is 4.39 Å². The molecule has 96 valence electrons. The predicted octanol–water partition coefficient (Wildman–Crippen LogP) is 2.86. The monoisotopic (exact) mass is 241 g/mol. The molecule has 0 spiro atoms. The maximum absolute atomic E-state index is 13.6. The van der Waals surface area contributed by atoms with E-state index < -0.39 is 0 Å². The molecule has 0 heterocycles. The summed E-state index contributed by atoms with van der Waals surface area (Å²) in [6.07, 6.45) is 1.76. The Morgan fingerprint density at radius 2 is 1.59 bits per heavy atom. The van der Waals surface area contributed by atoms with Crippen LogP contribution >= 0.6 is 0 Å². The molecule has 0 fully saturated rings. The number of hydrogen-bond acceptors (Lipinski definition) is 3. The summed E-state index contributed by atoms with van der Waals surface area (Å²) < 4.78 is 24.6. The van der Waals surface area contributed by atoms with Crippen molar-refractivity contribution in [3.05, 3.63) is 23.5 Å². The Labute approximate surface area is 102 Å². The molecule has 1 rings (SSSR count). The lowest BCUT2D eigenvalue weighted by molar-refractivity contribution is 0.266. The molecule has 0 aliphatic rings. The highest BCUT2D eigenvalue weighted by Crippen LogP contribution is 2.30. The maximum Gasteiger partial charge on any atom is 0.164 e. The molecular formula is C13H20FNO2. The zero-order chi connectivity index (χ0) is 12.7. The molecule has 1 aromatic carbocycles.